The molecule has 414 valence electrons. The molecule has 0 rings (SSSR count). The lowest BCUT2D eigenvalue weighted by Crippen LogP contribution is -2.29. The SMILES string of the molecule is CC/C=C\C/C=C\C/C=C\C/C=C\C/C=C\C/C=C\C/C=C\C/C=C\CCCCCCC(=O)OC(COC(=O)CCCCCCCCCC/C=C\C/C=C\C/C=C\CCCCCCC)COP(=O)(O)OCCN. The van der Waals surface area contributed by atoms with Crippen LogP contribution in [0.1, 0.15) is 219 Å². The van der Waals surface area contributed by atoms with Gasteiger partial charge >= 0.3 is 19.8 Å². The third-order valence-electron chi connectivity index (χ3n) is 11.5. The van der Waals surface area contributed by atoms with Crippen molar-refractivity contribution in [1.82, 2.24) is 0 Å². The van der Waals surface area contributed by atoms with Gasteiger partial charge in [-0.25, -0.2) is 4.57 Å². The first-order chi connectivity index (χ1) is 35.8. The molecular weight excluding hydrogens is 930 g/mol. The molecule has 0 saturated heterocycles. The molecule has 0 saturated carbocycles. The molecule has 2 atom stereocenters. The lowest BCUT2D eigenvalue weighted by Gasteiger charge is -2.19. The number of phosphoric acid groups is 1. The molecule has 0 fully saturated rings. The van der Waals surface area contributed by atoms with Crippen LogP contribution in [-0.4, -0.2) is 49.3 Å². The molecule has 3 N–H and O–H groups in total. The minimum Gasteiger partial charge on any atom is -0.462 e. The van der Waals surface area contributed by atoms with Crippen LogP contribution in [0.3, 0.4) is 0 Å². The average Bonchev–Trinajstić information content (AvgIpc) is 3.38. The van der Waals surface area contributed by atoms with Gasteiger partial charge in [0.2, 0.25) is 0 Å². The van der Waals surface area contributed by atoms with Crippen molar-refractivity contribution in [1.29, 1.82) is 0 Å². The van der Waals surface area contributed by atoms with Gasteiger partial charge in [-0.15, -0.1) is 0 Å². The van der Waals surface area contributed by atoms with Crippen LogP contribution in [0.5, 0.6) is 0 Å². The van der Waals surface area contributed by atoms with Crippen LogP contribution in [0.15, 0.2) is 134 Å². The van der Waals surface area contributed by atoms with Gasteiger partial charge in [-0.3, -0.25) is 18.6 Å². The summed E-state index contributed by atoms with van der Waals surface area (Å²) in [5.41, 5.74) is 5.38. The molecule has 0 aromatic heterocycles. The van der Waals surface area contributed by atoms with Crippen molar-refractivity contribution < 1.29 is 37.6 Å². The van der Waals surface area contributed by atoms with E-state index in [0.717, 1.165) is 116 Å². The van der Waals surface area contributed by atoms with Gasteiger partial charge in [-0.1, -0.05) is 225 Å². The van der Waals surface area contributed by atoms with E-state index in [1.807, 2.05) is 0 Å². The Labute approximate surface area is 446 Å². The summed E-state index contributed by atoms with van der Waals surface area (Å²) < 4.78 is 33.0. The third kappa shape index (κ3) is 57.3. The normalized spacial score (nSPS) is 14.1. The second-order valence-electron chi connectivity index (χ2n) is 18.4. The Kier molecular flexibility index (Phi) is 54.4. The quantitative estimate of drug-likeness (QED) is 0.0264. The predicted molar refractivity (Wildman–Crippen MR) is 311 cm³/mol. The number of phosphoric ester groups is 1. The summed E-state index contributed by atoms with van der Waals surface area (Å²) in [6.07, 6.45) is 80.6. The van der Waals surface area contributed by atoms with Gasteiger partial charge in [0.25, 0.3) is 0 Å². The Bertz CT molecular complexity index is 1650. The van der Waals surface area contributed by atoms with Gasteiger partial charge in [0.1, 0.15) is 6.61 Å². The van der Waals surface area contributed by atoms with Gasteiger partial charge in [-0.2, -0.15) is 0 Å². The average molecular weight is 1030 g/mol. The lowest BCUT2D eigenvalue weighted by atomic mass is 10.1. The Balaban J connectivity index is 4.13. The predicted octanol–water partition coefficient (Wildman–Crippen LogP) is 18.2. The number of carbonyl (C=O) groups excluding carboxylic acids is 2. The zero-order valence-electron chi connectivity index (χ0n) is 46.1. The van der Waals surface area contributed by atoms with Crippen LogP contribution >= 0.6 is 7.82 Å². The molecule has 0 aromatic rings. The van der Waals surface area contributed by atoms with E-state index in [1.165, 1.54) is 64.2 Å². The fourth-order valence-electron chi connectivity index (χ4n) is 7.30. The van der Waals surface area contributed by atoms with Gasteiger partial charge in [0.05, 0.1) is 13.2 Å². The van der Waals surface area contributed by atoms with E-state index in [9.17, 15) is 19.0 Å². The van der Waals surface area contributed by atoms with Crippen molar-refractivity contribution in [3.63, 3.8) is 0 Å². The summed E-state index contributed by atoms with van der Waals surface area (Å²) >= 11 is 0. The summed E-state index contributed by atoms with van der Waals surface area (Å²) in [6.45, 7) is 3.56. The molecular formula is C63H104NO8P. The van der Waals surface area contributed by atoms with Gasteiger partial charge in [0, 0.05) is 19.4 Å². The van der Waals surface area contributed by atoms with Gasteiger partial charge in [-0.05, 0) is 116 Å². The summed E-state index contributed by atoms with van der Waals surface area (Å²) in [5, 5.41) is 0. The standard InChI is InChI=1S/C63H104NO8P/c1-3-5-7-9-11-13-15-17-19-21-23-25-27-28-29-30-31-32-34-36-38-40-42-44-46-48-50-52-54-56-63(66)72-61(60-71-73(67,68)70-58-57-64)59-69-62(65)55-53-51-49-47-45-43-41-39-37-35-33-26-24-22-20-18-16-14-12-10-8-6-4-2/h5,7,11,13,16-19,22-25,28-29,31-33,35-36,38,42,44,61H,3-4,6,8-10,12,14-15,20-21,26-27,30,34,37,39-41,43,45-60,64H2,1-2H3,(H,67,68)/b7-5-,13-11-,18-16-,19-17-,24-22-,25-23-,29-28-,32-31-,35-33-,38-36-,44-42-. The van der Waals surface area contributed by atoms with Crippen LogP contribution in [0.4, 0.5) is 0 Å². The Hall–Kier alpha value is -3.85. The molecule has 0 spiro atoms. The van der Waals surface area contributed by atoms with Crippen LogP contribution in [0, 0.1) is 0 Å². The van der Waals surface area contributed by atoms with Crippen molar-refractivity contribution in [2.24, 2.45) is 5.73 Å². The maximum absolute atomic E-state index is 12.7. The summed E-state index contributed by atoms with van der Waals surface area (Å²) in [6, 6.07) is 0. The molecule has 9 nitrogen and oxygen atoms in total. The molecule has 0 aromatic carbocycles. The second-order valence-corrected chi connectivity index (χ2v) is 19.9. The van der Waals surface area contributed by atoms with Crippen molar-refractivity contribution in [3.8, 4) is 0 Å². The van der Waals surface area contributed by atoms with E-state index in [-0.39, 0.29) is 32.6 Å². The minimum atomic E-state index is -4.41. The Morgan fingerprint density at radius 3 is 1.12 bits per heavy atom. The minimum absolute atomic E-state index is 0.0400. The first-order valence-corrected chi connectivity index (χ1v) is 30.2. The van der Waals surface area contributed by atoms with Crippen LogP contribution in [0.25, 0.3) is 0 Å². The van der Waals surface area contributed by atoms with Gasteiger partial charge in [0.15, 0.2) is 6.10 Å². The molecule has 0 aliphatic carbocycles. The molecule has 0 bridgehead atoms. The number of carbonyl (C=O) groups is 2. The van der Waals surface area contributed by atoms with E-state index >= 15 is 0 Å². The highest BCUT2D eigenvalue weighted by atomic mass is 31.2. The number of rotatable bonds is 52. The van der Waals surface area contributed by atoms with E-state index in [0.29, 0.717) is 12.8 Å². The molecule has 2 unspecified atom stereocenters. The van der Waals surface area contributed by atoms with Crippen LogP contribution in [-0.2, 0) is 32.7 Å². The molecule has 0 amide bonds. The highest BCUT2D eigenvalue weighted by molar-refractivity contribution is 7.47. The summed E-state index contributed by atoms with van der Waals surface area (Å²) in [7, 11) is -4.41. The van der Waals surface area contributed by atoms with E-state index < -0.39 is 32.5 Å². The number of unbranched alkanes of at least 4 members (excludes halogenated alkanes) is 17. The summed E-state index contributed by atoms with van der Waals surface area (Å²) in [5.74, 6) is -0.875. The first-order valence-electron chi connectivity index (χ1n) is 28.7. The fraction of sp³-hybridized carbons (Fsp3) is 0.619. The van der Waals surface area contributed by atoms with E-state index in [1.54, 1.807) is 0 Å². The molecule has 0 heterocycles. The topological polar surface area (TPSA) is 134 Å². The molecule has 0 radical (unpaired) electrons. The number of allylic oxidation sites excluding steroid dienone is 22. The zero-order chi connectivity index (χ0) is 53.1. The third-order valence-corrected chi connectivity index (χ3v) is 12.5. The maximum Gasteiger partial charge on any atom is 0.472 e. The van der Waals surface area contributed by atoms with Gasteiger partial charge < -0.3 is 20.1 Å². The van der Waals surface area contributed by atoms with Crippen molar-refractivity contribution in [2.45, 2.75) is 225 Å². The Morgan fingerprint density at radius 2 is 0.753 bits per heavy atom. The number of hydrogen-bond acceptors (Lipinski definition) is 8. The second kappa shape index (κ2) is 57.4. The van der Waals surface area contributed by atoms with Crippen molar-refractivity contribution >= 4 is 19.8 Å². The molecule has 0 aliphatic heterocycles. The Morgan fingerprint density at radius 1 is 0.425 bits per heavy atom. The number of ether oxygens (including phenoxy) is 2. The smallest absolute Gasteiger partial charge is 0.462 e. The van der Waals surface area contributed by atoms with Crippen molar-refractivity contribution in [2.75, 3.05) is 26.4 Å². The fourth-order valence-corrected chi connectivity index (χ4v) is 8.07. The zero-order valence-corrected chi connectivity index (χ0v) is 47.0. The maximum atomic E-state index is 12.7. The summed E-state index contributed by atoms with van der Waals surface area (Å²) in [4.78, 5) is 35.2. The molecule has 10 heteroatoms. The monoisotopic (exact) mass is 1030 g/mol. The largest absolute Gasteiger partial charge is 0.472 e. The van der Waals surface area contributed by atoms with Crippen LogP contribution in [0.2, 0.25) is 0 Å². The first kappa shape index (κ1) is 69.2. The molecule has 0 aliphatic rings. The number of hydrogen-bond donors (Lipinski definition) is 2. The number of esters is 2. The van der Waals surface area contributed by atoms with E-state index in [2.05, 4.69) is 148 Å². The number of nitrogens with two attached hydrogens (primary N) is 1. The van der Waals surface area contributed by atoms with Crippen LogP contribution < -0.4 is 5.73 Å². The highest BCUT2D eigenvalue weighted by Crippen LogP contribution is 2.43. The highest BCUT2D eigenvalue weighted by Gasteiger charge is 2.26. The lowest BCUT2D eigenvalue weighted by molar-refractivity contribution is -0.161. The van der Waals surface area contributed by atoms with Crippen molar-refractivity contribution in [3.05, 3.63) is 134 Å². The molecule has 73 heavy (non-hydrogen) atoms. The van der Waals surface area contributed by atoms with E-state index in [4.69, 9.17) is 24.3 Å².